The lowest BCUT2D eigenvalue weighted by atomic mass is 10.0. The van der Waals surface area contributed by atoms with Gasteiger partial charge in [0.1, 0.15) is 12.2 Å². The Morgan fingerprint density at radius 2 is 2.00 bits per heavy atom. The Morgan fingerprint density at radius 1 is 1.31 bits per heavy atom. The van der Waals surface area contributed by atoms with Gasteiger partial charge in [-0.15, -0.1) is 12.4 Å². The standard InChI is InChI=1S/C19H16F4N4O.ClH/c20-15-6-17(26-10-15)18(28)27-8-12-5-16(25-9-13(12)7-24)11-1-3-14(4-2-11)19(21,22)23;/h1-5,9,15,17,26H,6,8,10H2,(H,27,28);1H/t15-,17-;/m1./s1. The summed E-state index contributed by atoms with van der Waals surface area (Å²) in [4.78, 5) is 16.2. The van der Waals surface area contributed by atoms with Crippen LogP contribution < -0.4 is 10.6 Å². The summed E-state index contributed by atoms with van der Waals surface area (Å²) < 4.78 is 51.3. The molecule has 0 bridgehead atoms. The fourth-order valence-corrected chi connectivity index (χ4v) is 2.93. The number of benzene rings is 1. The molecule has 0 spiro atoms. The van der Waals surface area contributed by atoms with E-state index in [1.54, 1.807) is 6.07 Å². The van der Waals surface area contributed by atoms with Crippen LogP contribution in [0.5, 0.6) is 0 Å². The van der Waals surface area contributed by atoms with Crippen molar-refractivity contribution in [3.8, 4) is 17.3 Å². The van der Waals surface area contributed by atoms with E-state index in [4.69, 9.17) is 0 Å². The number of hydrogen-bond acceptors (Lipinski definition) is 4. The van der Waals surface area contributed by atoms with E-state index in [1.807, 2.05) is 6.07 Å². The number of nitriles is 1. The molecule has 1 aromatic heterocycles. The number of nitrogens with one attached hydrogen (secondary N) is 2. The predicted molar refractivity (Wildman–Crippen MR) is 99.8 cm³/mol. The van der Waals surface area contributed by atoms with E-state index in [-0.39, 0.29) is 43.4 Å². The maximum atomic E-state index is 13.2. The molecule has 154 valence electrons. The molecule has 2 heterocycles. The Kier molecular flexibility index (Phi) is 7.16. The molecule has 2 atom stereocenters. The summed E-state index contributed by atoms with van der Waals surface area (Å²) in [7, 11) is 0. The molecule has 1 amide bonds. The van der Waals surface area contributed by atoms with Crippen molar-refractivity contribution in [2.24, 2.45) is 0 Å². The summed E-state index contributed by atoms with van der Waals surface area (Å²) in [6.07, 6.45) is -4.11. The molecular weight excluding hydrogens is 412 g/mol. The molecule has 5 nitrogen and oxygen atoms in total. The highest BCUT2D eigenvalue weighted by molar-refractivity contribution is 5.85. The second kappa shape index (κ2) is 9.20. The first kappa shape index (κ1) is 22.6. The molecule has 0 saturated carbocycles. The van der Waals surface area contributed by atoms with E-state index >= 15 is 0 Å². The zero-order valence-corrected chi connectivity index (χ0v) is 15.8. The van der Waals surface area contributed by atoms with Gasteiger partial charge >= 0.3 is 6.18 Å². The Hall–Kier alpha value is -2.70. The van der Waals surface area contributed by atoms with Crippen molar-refractivity contribution in [2.75, 3.05) is 6.54 Å². The van der Waals surface area contributed by atoms with Crippen LogP contribution in [-0.4, -0.2) is 29.6 Å². The molecule has 1 fully saturated rings. The van der Waals surface area contributed by atoms with E-state index in [2.05, 4.69) is 15.6 Å². The number of nitrogens with zero attached hydrogens (tertiary/aromatic N) is 2. The molecule has 0 aliphatic carbocycles. The van der Waals surface area contributed by atoms with Crippen LogP contribution in [0.1, 0.15) is 23.1 Å². The lowest BCUT2D eigenvalue weighted by molar-refractivity contribution is -0.137. The molecule has 10 heteroatoms. The van der Waals surface area contributed by atoms with Gasteiger partial charge in [0.25, 0.3) is 0 Å². The lowest BCUT2D eigenvalue weighted by Crippen LogP contribution is -2.40. The monoisotopic (exact) mass is 428 g/mol. The van der Waals surface area contributed by atoms with Crippen LogP contribution in [0, 0.1) is 11.3 Å². The summed E-state index contributed by atoms with van der Waals surface area (Å²) in [5.74, 6) is -0.378. The Labute approximate surface area is 170 Å². The fourth-order valence-electron chi connectivity index (χ4n) is 2.93. The first-order chi connectivity index (χ1) is 13.3. The summed E-state index contributed by atoms with van der Waals surface area (Å²) in [5.41, 5.74) is 0.754. The van der Waals surface area contributed by atoms with Crippen molar-refractivity contribution >= 4 is 18.3 Å². The Bertz CT molecular complexity index is 912. The van der Waals surface area contributed by atoms with Crippen LogP contribution >= 0.6 is 12.4 Å². The van der Waals surface area contributed by atoms with Crippen molar-refractivity contribution < 1.29 is 22.4 Å². The minimum absolute atomic E-state index is 0. The summed E-state index contributed by atoms with van der Waals surface area (Å²) in [6, 6.07) is 7.38. The quantitative estimate of drug-likeness (QED) is 0.732. The largest absolute Gasteiger partial charge is 0.416 e. The molecule has 1 saturated heterocycles. The van der Waals surface area contributed by atoms with Crippen LogP contribution in [0.3, 0.4) is 0 Å². The number of hydrogen-bond donors (Lipinski definition) is 2. The zero-order chi connectivity index (χ0) is 20.3. The number of halogens is 5. The zero-order valence-electron chi connectivity index (χ0n) is 15.0. The fraction of sp³-hybridized carbons (Fsp3) is 0.316. The van der Waals surface area contributed by atoms with E-state index in [1.165, 1.54) is 18.3 Å². The summed E-state index contributed by atoms with van der Waals surface area (Å²) in [5, 5.41) is 14.6. The van der Waals surface area contributed by atoms with Gasteiger partial charge in [0, 0.05) is 31.3 Å². The van der Waals surface area contributed by atoms with Gasteiger partial charge in [0.05, 0.1) is 22.9 Å². The molecule has 2 N–H and O–H groups in total. The number of carbonyl (C=O) groups is 1. The molecule has 1 aliphatic heterocycles. The molecule has 29 heavy (non-hydrogen) atoms. The minimum Gasteiger partial charge on any atom is -0.351 e. The molecule has 0 radical (unpaired) electrons. The van der Waals surface area contributed by atoms with Crippen LogP contribution in [0.2, 0.25) is 0 Å². The highest BCUT2D eigenvalue weighted by Gasteiger charge is 2.30. The second-order valence-electron chi connectivity index (χ2n) is 6.43. The predicted octanol–water partition coefficient (Wildman–Crippen LogP) is 3.38. The van der Waals surface area contributed by atoms with Crippen LogP contribution in [-0.2, 0) is 17.5 Å². The summed E-state index contributed by atoms with van der Waals surface area (Å²) in [6.45, 7) is 0.141. The second-order valence-corrected chi connectivity index (χ2v) is 6.43. The van der Waals surface area contributed by atoms with Crippen molar-refractivity contribution in [1.29, 1.82) is 5.26 Å². The number of carbonyl (C=O) groups excluding carboxylic acids is 1. The molecular formula is C19H17ClF4N4O. The lowest BCUT2D eigenvalue weighted by Gasteiger charge is -2.13. The SMILES string of the molecule is Cl.N#Cc1cnc(-c2ccc(C(F)(F)F)cc2)cc1CNC(=O)[C@H]1C[C@@H](F)CN1. The average molecular weight is 429 g/mol. The van der Waals surface area contributed by atoms with Crippen molar-refractivity contribution in [3.05, 3.63) is 53.2 Å². The van der Waals surface area contributed by atoms with Crippen LogP contribution in [0.4, 0.5) is 17.6 Å². The number of pyridine rings is 1. The Balaban J connectivity index is 0.00000300. The Morgan fingerprint density at radius 3 is 2.55 bits per heavy atom. The van der Waals surface area contributed by atoms with E-state index < -0.39 is 24.0 Å². The smallest absolute Gasteiger partial charge is 0.351 e. The van der Waals surface area contributed by atoms with Gasteiger partial charge in [-0.2, -0.15) is 18.4 Å². The minimum atomic E-state index is -4.43. The number of alkyl halides is 4. The maximum Gasteiger partial charge on any atom is 0.416 e. The van der Waals surface area contributed by atoms with Crippen molar-refractivity contribution in [2.45, 2.75) is 31.4 Å². The molecule has 1 aliphatic rings. The third kappa shape index (κ3) is 5.43. The van der Waals surface area contributed by atoms with Gasteiger partial charge < -0.3 is 10.6 Å². The van der Waals surface area contributed by atoms with Crippen molar-refractivity contribution in [3.63, 3.8) is 0 Å². The normalized spacial score (nSPS) is 18.6. The van der Waals surface area contributed by atoms with E-state index in [9.17, 15) is 27.6 Å². The van der Waals surface area contributed by atoms with Crippen LogP contribution in [0.15, 0.2) is 36.5 Å². The third-order valence-electron chi connectivity index (χ3n) is 4.46. The number of rotatable bonds is 4. The van der Waals surface area contributed by atoms with Crippen LogP contribution in [0.25, 0.3) is 11.3 Å². The van der Waals surface area contributed by atoms with E-state index in [0.717, 1.165) is 12.1 Å². The molecule has 0 unspecified atom stereocenters. The average Bonchev–Trinajstić information content (AvgIpc) is 3.11. The number of aromatic nitrogens is 1. The van der Waals surface area contributed by atoms with E-state index in [0.29, 0.717) is 16.8 Å². The van der Waals surface area contributed by atoms with Gasteiger partial charge in [-0.3, -0.25) is 9.78 Å². The maximum absolute atomic E-state index is 13.2. The van der Waals surface area contributed by atoms with Gasteiger partial charge in [-0.25, -0.2) is 4.39 Å². The molecule has 2 aromatic rings. The highest BCUT2D eigenvalue weighted by atomic mass is 35.5. The topological polar surface area (TPSA) is 77.8 Å². The highest BCUT2D eigenvalue weighted by Crippen LogP contribution is 2.30. The van der Waals surface area contributed by atoms with Crippen molar-refractivity contribution in [1.82, 2.24) is 15.6 Å². The number of amides is 1. The van der Waals surface area contributed by atoms with Gasteiger partial charge in [-0.1, -0.05) is 12.1 Å². The summed E-state index contributed by atoms with van der Waals surface area (Å²) >= 11 is 0. The van der Waals surface area contributed by atoms with Gasteiger partial charge in [-0.05, 0) is 23.8 Å². The van der Waals surface area contributed by atoms with Gasteiger partial charge in [0.15, 0.2) is 0 Å². The third-order valence-corrected chi connectivity index (χ3v) is 4.46. The molecule has 1 aromatic carbocycles. The first-order valence-electron chi connectivity index (χ1n) is 8.49. The first-order valence-corrected chi connectivity index (χ1v) is 8.49. The molecule has 3 rings (SSSR count). The van der Waals surface area contributed by atoms with Gasteiger partial charge in [0.2, 0.25) is 5.91 Å².